The summed E-state index contributed by atoms with van der Waals surface area (Å²) in [6.07, 6.45) is 2.84. The lowest BCUT2D eigenvalue weighted by atomic mass is 9.95. The molecule has 1 aromatic rings. The highest BCUT2D eigenvalue weighted by atomic mass is 79.9. The Hall–Kier alpha value is -0.910. The van der Waals surface area contributed by atoms with Crippen LogP contribution in [-0.2, 0) is 9.47 Å². The third kappa shape index (κ3) is 3.40. The van der Waals surface area contributed by atoms with Gasteiger partial charge >= 0.3 is 0 Å². The minimum absolute atomic E-state index is 0.110. The number of halogens is 1. The molecule has 110 valence electrons. The highest BCUT2D eigenvalue weighted by Crippen LogP contribution is 2.29. The van der Waals surface area contributed by atoms with Gasteiger partial charge in [0.25, 0.3) is 0 Å². The zero-order chi connectivity index (χ0) is 14.5. The number of aldehydes is 1. The maximum atomic E-state index is 10.8. The van der Waals surface area contributed by atoms with Crippen LogP contribution in [0.3, 0.4) is 0 Å². The van der Waals surface area contributed by atoms with E-state index in [1.807, 2.05) is 18.2 Å². The van der Waals surface area contributed by atoms with Crippen molar-refractivity contribution in [3.8, 4) is 0 Å². The first kappa shape index (κ1) is 15.5. The Bertz CT molecular complexity index is 454. The van der Waals surface area contributed by atoms with E-state index in [1.165, 1.54) is 0 Å². The minimum Gasteiger partial charge on any atom is -0.371 e. The lowest BCUT2D eigenvalue weighted by Gasteiger charge is -2.36. The average Bonchev–Trinajstić information content (AvgIpc) is 2.49. The summed E-state index contributed by atoms with van der Waals surface area (Å²) in [5.41, 5.74) is 1.83. The topological polar surface area (TPSA) is 38.8 Å². The molecule has 0 radical (unpaired) electrons. The van der Waals surface area contributed by atoms with Crippen molar-refractivity contribution < 1.29 is 14.3 Å². The molecule has 0 aromatic heterocycles. The van der Waals surface area contributed by atoms with Crippen LogP contribution in [0.5, 0.6) is 0 Å². The lowest BCUT2D eigenvalue weighted by Crippen LogP contribution is -2.39. The first-order valence-electron chi connectivity index (χ1n) is 6.75. The Balaban J connectivity index is 2.00. The quantitative estimate of drug-likeness (QED) is 0.609. The lowest BCUT2D eigenvalue weighted by molar-refractivity contribution is -0.141. The fraction of sp³-hybridized carbons (Fsp3) is 0.533. The molecule has 4 nitrogen and oxygen atoms in total. The molecular formula is C15H20BrNO3. The molecule has 1 saturated heterocycles. The van der Waals surface area contributed by atoms with Gasteiger partial charge < -0.3 is 14.4 Å². The predicted molar refractivity (Wildman–Crippen MR) is 82.3 cm³/mol. The van der Waals surface area contributed by atoms with Gasteiger partial charge in [-0.05, 0) is 47.0 Å². The summed E-state index contributed by atoms with van der Waals surface area (Å²) in [5, 5.41) is 0. The van der Waals surface area contributed by atoms with Crippen molar-refractivity contribution in [2.24, 2.45) is 5.92 Å². The van der Waals surface area contributed by atoms with Gasteiger partial charge in [0.1, 0.15) is 0 Å². The zero-order valence-electron chi connectivity index (χ0n) is 11.8. The van der Waals surface area contributed by atoms with Crippen molar-refractivity contribution >= 4 is 27.9 Å². The van der Waals surface area contributed by atoms with Crippen LogP contribution in [0.2, 0.25) is 0 Å². The molecule has 0 N–H and O–H groups in total. The molecule has 0 unspecified atom stereocenters. The van der Waals surface area contributed by atoms with Crippen LogP contribution in [0.15, 0.2) is 22.7 Å². The first-order chi connectivity index (χ1) is 9.69. The number of anilines is 1. The number of methoxy groups -OCH3 is 2. The Morgan fingerprint density at radius 3 is 2.45 bits per heavy atom. The smallest absolute Gasteiger partial charge is 0.159 e. The number of nitrogens with zero attached hydrogens (tertiary/aromatic N) is 1. The summed E-state index contributed by atoms with van der Waals surface area (Å²) in [6.45, 7) is 1.95. The summed E-state index contributed by atoms with van der Waals surface area (Å²) in [7, 11) is 3.38. The summed E-state index contributed by atoms with van der Waals surface area (Å²) in [4.78, 5) is 13.2. The highest BCUT2D eigenvalue weighted by Gasteiger charge is 2.26. The van der Waals surface area contributed by atoms with Crippen molar-refractivity contribution in [3.05, 3.63) is 28.2 Å². The van der Waals surface area contributed by atoms with Crippen LogP contribution >= 0.6 is 15.9 Å². The number of hydrogen-bond donors (Lipinski definition) is 0. The van der Waals surface area contributed by atoms with Crippen LogP contribution in [0.25, 0.3) is 0 Å². The number of carbonyl (C=O) groups is 1. The standard InChI is InChI=1S/C15H20BrNO3/c1-19-15(20-2)11-5-7-17(8-6-11)13-4-3-12(10-18)14(16)9-13/h3-4,9-11,15H,5-8H2,1-2H3. The molecule has 0 atom stereocenters. The molecular weight excluding hydrogens is 322 g/mol. The van der Waals surface area contributed by atoms with E-state index in [-0.39, 0.29) is 6.29 Å². The molecule has 1 aliphatic rings. The van der Waals surface area contributed by atoms with Gasteiger partial charge in [-0.3, -0.25) is 4.79 Å². The molecule has 0 spiro atoms. The molecule has 2 rings (SSSR count). The van der Waals surface area contributed by atoms with Crippen molar-refractivity contribution in [2.75, 3.05) is 32.2 Å². The van der Waals surface area contributed by atoms with Crippen LogP contribution in [0.1, 0.15) is 23.2 Å². The number of rotatable bonds is 5. The molecule has 5 heteroatoms. The third-order valence-electron chi connectivity index (χ3n) is 3.87. The van der Waals surface area contributed by atoms with Gasteiger partial charge in [0.15, 0.2) is 12.6 Å². The maximum absolute atomic E-state index is 10.8. The van der Waals surface area contributed by atoms with E-state index < -0.39 is 0 Å². The van der Waals surface area contributed by atoms with Gasteiger partial charge in [0.05, 0.1) is 0 Å². The van der Waals surface area contributed by atoms with Gasteiger partial charge in [-0.15, -0.1) is 0 Å². The van der Waals surface area contributed by atoms with Crippen molar-refractivity contribution in [1.29, 1.82) is 0 Å². The molecule has 1 heterocycles. The Morgan fingerprint density at radius 1 is 1.30 bits per heavy atom. The predicted octanol–water partition coefficient (Wildman–Crippen LogP) is 3.10. The molecule has 1 aliphatic heterocycles. The van der Waals surface area contributed by atoms with E-state index in [4.69, 9.17) is 9.47 Å². The van der Waals surface area contributed by atoms with Crippen molar-refractivity contribution in [1.82, 2.24) is 0 Å². The second-order valence-corrected chi connectivity index (χ2v) is 5.84. The van der Waals surface area contributed by atoms with E-state index in [9.17, 15) is 4.79 Å². The second kappa shape index (κ2) is 7.20. The number of ether oxygens (including phenoxy) is 2. The number of carbonyl (C=O) groups excluding carboxylic acids is 1. The Morgan fingerprint density at radius 2 is 1.95 bits per heavy atom. The maximum Gasteiger partial charge on any atom is 0.159 e. The first-order valence-corrected chi connectivity index (χ1v) is 7.54. The van der Waals surface area contributed by atoms with Crippen molar-refractivity contribution in [2.45, 2.75) is 19.1 Å². The number of hydrogen-bond acceptors (Lipinski definition) is 4. The summed E-state index contributed by atoms with van der Waals surface area (Å²) < 4.78 is 11.5. The molecule has 20 heavy (non-hydrogen) atoms. The summed E-state index contributed by atoms with van der Waals surface area (Å²) in [5.74, 6) is 0.443. The largest absolute Gasteiger partial charge is 0.371 e. The van der Waals surface area contributed by atoms with Crippen LogP contribution in [0, 0.1) is 5.92 Å². The highest BCUT2D eigenvalue weighted by molar-refractivity contribution is 9.10. The summed E-state index contributed by atoms with van der Waals surface area (Å²) in [6, 6.07) is 5.86. The Labute approximate surface area is 128 Å². The van der Waals surface area contributed by atoms with E-state index in [0.717, 1.165) is 42.4 Å². The van der Waals surface area contributed by atoms with Gasteiger partial charge in [-0.25, -0.2) is 0 Å². The second-order valence-electron chi connectivity index (χ2n) is 4.99. The number of benzene rings is 1. The van der Waals surface area contributed by atoms with Crippen LogP contribution in [0.4, 0.5) is 5.69 Å². The fourth-order valence-electron chi connectivity index (χ4n) is 2.72. The van der Waals surface area contributed by atoms with E-state index in [0.29, 0.717) is 11.5 Å². The molecule has 0 bridgehead atoms. The molecule has 1 aromatic carbocycles. The van der Waals surface area contributed by atoms with Gasteiger partial charge in [0.2, 0.25) is 0 Å². The number of piperidine rings is 1. The van der Waals surface area contributed by atoms with Crippen LogP contribution in [-0.4, -0.2) is 39.9 Å². The van der Waals surface area contributed by atoms with E-state index in [1.54, 1.807) is 14.2 Å². The molecule has 0 aliphatic carbocycles. The van der Waals surface area contributed by atoms with Gasteiger partial charge in [-0.1, -0.05) is 0 Å². The average molecular weight is 342 g/mol. The SMILES string of the molecule is COC(OC)C1CCN(c2ccc(C=O)c(Br)c2)CC1. The van der Waals surface area contributed by atoms with E-state index in [2.05, 4.69) is 20.8 Å². The minimum atomic E-state index is -0.110. The van der Waals surface area contributed by atoms with Gasteiger partial charge in [-0.2, -0.15) is 0 Å². The molecule has 0 saturated carbocycles. The molecule has 1 fully saturated rings. The Kier molecular flexibility index (Phi) is 5.57. The van der Waals surface area contributed by atoms with E-state index >= 15 is 0 Å². The van der Waals surface area contributed by atoms with Crippen molar-refractivity contribution in [3.63, 3.8) is 0 Å². The molecule has 0 amide bonds. The zero-order valence-corrected chi connectivity index (χ0v) is 13.4. The van der Waals surface area contributed by atoms with Crippen LogP contribution < -0.4 is 4.90 Å². The normalized spacial score (nSPS) is 16.7. The fourth-order valence-corrected chi connectivity index (χ4v) is 3.18. The third-order valence-corrected chi connectivity index (χ3v) is 4.55. The summed E-state index contributed by atoms with van der Waals surface area (Å²) >= 11 is 3.43. The van der Waals surface area contributed by atoms with Gasteiger partial charge in [0, 0.05) is 49.0 Å². The monoisotopic (exact) mass is 341 g/mol.